The summed E-state index contributed by atoms with van der Waals surface area (Å²) in [6.45, 7) is 0. The Bertz CT molecular complexity index is 726. The zero-order valence-electron chi connectivity index (χ0n) is 11.8. The van der Waals surface area contributed by atoms with Crippen molar-refractivity contribution in [3.63, 3.8) is 0 Å². The Morgan fingerprint density at radius 2 is 2.29 bits per heavy atom. The van der Waals surface area contributed by atoms with Gasteiger partial charge in [0.25, 0.3) is 0 Å². The van der Waals surface area contributed by atoms with Crippen molar-refractivity contribution in [2.75, 3.05) is 5.32 Å². The molecule has 1 unspecified atom stereocenters. The van der Waals surface area contributed by atoms with Gasteiger partial charge in [-0.2, -0.15) is 10.4 Å². The van der Waals surface area contributed by atoms with Crippen molar-refractivity contribution < 1.29 is 4.79 Å². The second kappa shape index (κ2) is 5.41. The van der Waals surface area contributed by atoms with Gasteiger partial charge in [0.2, 0.25) is 5.91 Å². The molecule has 5 heteroatoms. The number of carbonyl (C=O) groups excluding carboxylic acids is 1. The van der Waals surface area contributed by atoms with Gasteiger partial charge in [0.1, 0.15) is 17.5 Å². The van der Waals surface area contributed by atoms with E-state index in [1.165, 1.54) is 16.4 Å². The van der Waals surface area contributed by atoms with E-state index in [1.54, 1.807) is 7.05 Å². The Kier molecular flexibility index (Phi) is 3.44. The second-order valence-electron chi connectivity index (χ2n) is 5.28. The van der Waals surface area contributed by atoms with Crippen LogP contribution >= 0.6 is 0 Å². The Labute approximate surface area is 123 Å². The number of aryl methyl sites for hydroxylation is 2. The zero-order valence-corrected chi connectivity index (χ0v) is 11.8. The molecule has 1 aliphatic carbocycles. The topological polar surface area (TPSA) is 70.7 Å². The van der Waals surface area contributed by atoms with Crippen molar-refractivity contribution in [3.8, 4) is 6.07 Å². The number of hydrogen-bond donors (Lipinski definition) is 1. The number of amides is 1. The molecule has 1 amide bonds. The van der Waals surface area contributed by atoms with E-state index in [2.05, 4.69) is 16.5 Å². The maximum Gasteiger partial charge on any atom is 0.233 e. The lowest BCUT2D eigenvalue weighted by molar-refractivity contribution is -0.117. The molecule has 21 heavy (non-hydrogen) atoms. The van der Waals surface area contributed by atoms with Crippen LogP contribution in [0.3, 0.4) is 0 Å². The molecule has 1 N–H and O–H groups in total. The van der Waals surface area contributed by atoms with Crippen molar-refractivity contribution in [2.45, 2.75) is 25.2 Å². The number of fused-ring (bicyclic) bond motifs is 1. The average Bonchev–Trinajstić information content (AvgIpc) is 2.87. The van der Waals surface area contributed by atoms with Crippen LogP contribution in [0.5, 0.6) is 0 Å². The maximum atomic E-state index is 12.6. The summed E-state index contributed by atoms with van der Waals surface area (Å²) in [7, 11) is 1.71. The Hall–Kier alpha value is -2.61. The minimum atomic E-state index is -0.156. The number of carbonyl (C=O) groups is 1. The van der Waals surface area contributed by atoms with Gasteiger partial charge >= 0.3 is 0 Å². The van der Waals surface area contributed by atoms with Crippen molar-refractivity contribution in [1.29, 1.82) is 5.26 Å². The fourth-order valence-electron chi connectivity index (χ4n) is 2.90. The number of nitrogens with one attached hydrogen (secondary N) is 1. The van der Waals surface area contributed by atoms with Gasteiger partial charge in [-0.25, -0.2) is 0 Å². The predicted octanol–water partition coefficient (Wildman–Crippen LogP) is 2.35. The van der Waals surface area contributed by atoms with Gasteiger partial charge in [0, 0.05) is 7.05 Å². The number of aromatic nitrogens is 2. The molecule has 0 bridgehead atoms. The molecule has 106 valence electrons. The molecular formula is C16H16N4O. The molecule has 0 fully saturated rings. The molecule has 0 saturated carbocycles. The van der Waals surface area contributed by atoms with E-state index in [1.807, 2.05) is 24.3 Å². The van der Waals surface area contributed by atoms with Crippen LogP contribution in [-0.2, 0) is 18.3 Å². The fraction of sp³-hybridized carbons (Fsp3) is 0.312. The number of benzene rings is 1. The molecule has 0 radical (unpaired) electrons. The molecule has 2 aromatic rings. The lowest BCUT2D eigenvalue weighted by Gasteiger charge is -2.24. The van der Waals surface area contributed by atoms with E-state index in [0.29, 0.717) is 11.4 Å². The van der Waals surface area contributed by atoms with Gasteiger partial charge in [-0.15, -0.1) is 0 Å². The predicted molar refractivity (Wildman–Crippen MR) is 78.7 cm³/mol. The van der Waals surface area contributed by atoms with Crippen LogP contribution in [0.4, 0.5) is 5.82 Å². The smallest absolute Gasteiger partial charge is 0.233 e. The third kappa shape index (κ3) is 2.40. The van der Waals surface area contributed by atoms with Crippen molar-refractivity contribution >= 4 is 11.7 Å². The van der Waals surface area contributed by atoms with Crippen molar-refractivity contribution in [1.82, 2.24) is 9.78 Å². The van der Waals surface area contributed by atoms with Crippen LogP contribution in [0.2, 0.25) is 0 Å². The van der Waals surface area contributed by atoms with Gasteiger partial charge in [0.15, 0.2) is 0 Å². The van der Waals surface area contributed by atoms with Crippen LogP contribution in [0.1, 0.15) is 35.4 Å². The van der Waals surface area contributed by atoms with Crippen LogP contribution in [0.15, 0.2) is 30.5 Å². The third-order valence-electron chi connectivity index (χ3n) is 3.99. The number of hydrogen-bond acceptors (Lipinski definition) is 3. The van der Waals surface area contributed by atoms with Crippen LogP contribution < -0.4 is 5.32 Å². The normalized spacial score (nSPS) is 16.9. The van der Waals surface area contributed by atoms with E-state index in [0.717, 1.165) is 24.8 Å². The van der Waals surface area contributed by atoms with Crippen molar-refractivity contribution in [3.05, 3.63) is 47.2 Å². The maximum absolute atomic E-state index is 12.6. The molecule has 1 aromatic carbocycles. The number of rotatable bonds is 2. The van der Waals surface area contributed by atoms with E-state index in [9.17, 15) is 4.79 Å². The standard InChI is InChI=1S/C16H16N4O/c1-20-15(12(9-17)10-18-20)19-16(21)14-8-4-6-11-5-2-3-7-13(11)14/h2-3,5,7,10,14H,4,6,8H2,1H3,(H,19,21). The summed E-state index contributed by atoms with van der Waals surface area (Å²) in [6, 6.07) is 10.1. The summed E-state index contributed by atoms with van der Waals surface area (Å²) in [6.07, 6.45) is 4.33. The van der Waals surface area contributed by atoms with Gasteiger partial charge in [-0.3, -0.25) is 9.48 Å². The van der Waals surface area contributed by atoms with Gasteiger partial charge in [0.05, 0.1) is 12.1 Å². The first-order valence-corrected chi connectivity index (χ1v) is 7.01. The fourth-order valence-corrected chi connectivity index (χ4v) is 2.90. The van der Waals surface area contributed by atoms with E-state index in [-0.39, 0.29) is 11.8 Å². The highest BCUT2D eigenvalue weighted by Gasteiger charge is 2.27. The van der Waals surface area contributed by atoms with Gasteiger partial charge < -0.3 is 5.32 Å². The molecule has 0 saturated heterocycles. The molecular weight excluding hydrogens is 264 g/mol. The number of anilines is 1. The zero-order chi connectivity index (χ0) is 14.8. The monoisotopic (exact) mass is 280 g/mol. The molecule has 1 aliphatic rings. The van der Waals surface area contributed by atoms with E-state index < -0.39 is 0 Å². The lowest BCUT2D eigenvalue weighted by Crippen LogP contribution is -2.26. The number of nitrogens with zero attached hydrogens (tertiary/aromatic N) is 3. The SMILES string of the molecule is Cn1ncc(C#N)c1NC(=O)C1CCCc2ccccc21. The second-order valence-corrected chi connectivity index (χ2v) is 5.28. The van der Waals surface area contributed by atoms with Crippen LogP contribution in [0, 0.1) is 11.3 Å². The van der Waals surface area contributed by atoms with E-state index in [4.69, 9.17) is 5.26 Å². The molecule has 1 atom stereocenters. The minimum Gasteiger partial charge on any atom is -0.309 e. The Morgan fingerprint density at radius 1 is 1.48 bits per heavy atom. The molecule has 1 aromatic heterocycles. The number of nitriles is 1. The summed E-state index contributed by atoms with van der Waals surface area (Å²) < 4.78 is 1.52. The highest BCUT2D eigenvalue weighted by Crippen LogP contribution is 2.32. The first kappa shape index (κ1) is 13.4. The molecule has 0 spiro atoms. The molecule has 5 nitrogen and oxygen atoms in total. The molecule has 0 aliphatic heterocycles. The Balaban J connectivity index is 1.87. The van der Waals surface area contributed by atoms with E-state index >= 15 is 0 Å². The quantitative estimate of drug-likeness (QED) is 0.918. The molecule has 3 rings (SSSR count). The minimum absolute atomic E-state index is 0.0674. The third-order valence-corrected chi connectivity index (χ3v) is 3.99. The average molecular weight is 280 g/mol. The summed E-state index contributed by atoms with van der Waals surface area (Å²) >= 11 is 0. The lowest BCUT2D eigenvalue weighted by atomic mass is 9.82. The van der Waals surface area contributed by atoms with Crippen LogP contribution in [-0.4, -0.2) is 15.7 Å². The highest BCUT2D eigenvalue weighted by molar-refractivity contribution is 5.96. The summed E-state index contributed by atoms with van der Waals surface area (Å²) in [4.78, 5) is 12.6. The van der Waals surface area contributed by atoms with Gasteiger partial charge in [-0.1, -0.05) is 24.3 Å². The summed E-state index contributed by atoms with van der Waals surface area (Å²) in [5.41, 5.74) is 2.73. The molecule has 1 heterocycles. The largest absolute Gasteiger partial charge is 0.309 e. The first-order valence-electron chi connectivity index (χ1n) is 7.01. The van der Waals surface area contributed by atoms with Crippen molar-refractivity contribution in [2.24, 2.45) is 7.05 Å². The first-order chi connectivity index (χ1) is 10.2. The van der Waals surface area contributed by atoms with Gasteiger partial charge in [-0.05, 0) is 30.4 Å². The summed E-state index contributed by atoms with van der Waals surface area (Å²) in [5, 5.41) is 15.9. The van der Waals surface area contributed by atoms with Crippen LogP contribution in [0.25, 0.3) is 0 Å². The summed E-state index contributed by atoms with van der Waals surface area (Å²) in [5.74, 6) is 0.240. The Morgan fingerprint density at radius 3 is 3.10 bits per heavy atom. The highest BCUT2D eigenvalue weighted by atomic mass is 16.2.